The average Bonchev–Trinajstić information content (AvgIpc) is 2.06. The maximum absolute atomic E-state index is 9.55. The van der Waals surface area contributed by atoms with Gasteiger partial charge in [-0.15, -0.1) is 0 Å². The number of carbonyl (C=O) groups excluding carboxylic acids is 1. The molecule has 0 saturated carbocycles. The van der Waals surface area contributed by atoms with Crippen molar-refractivity contribution < 1.29 is 49.4 Å². The SMILES string of the molecule is CC(O)C(=O)O.CCCCC[C-]=O.[Na+]. The van der Waals surface area contributed by atoms with Gasteiger partial charge in [-0.05, 0) is 6.92 Å². The van der Waals surface area contributed by atoms with Crippen LogP contribution in [-0.4, -0.2) is 28.6 Å². The van der Waals surface area contributed by atoms with E-state index in [1.807, 2.05) is 6.29 Å². The van der Waals surface area contributed by atoms with Crippen LogP contribution >= 0.6 is 0 Å². The van der Waals surface area contributed by atoms with Crippen molar-refractivity contribution in [2.24, 2.45) is 0 Å². The summed E-state index contributed by atoms with van der Waals surface area (Å²) in [6.45, 7) is 3.31. The van der Waals surface area contributed by atoms with Crippen LogP contribution in [0.2, 0.25) is 0 Å². The molecule has 0 heterocycles. The van der Waals surface area contributed by atoms with Crippen molar-refractivity contribution in [2.45, 2.75) is 45.6 Å². The minimum absolute atomic E-state index is 0. The molecular weight excluding hydrogens is 195 g/mol. The zero-order chi connectivity index (χ0) is 10.7. The normalized spacial score (nSPS) is 10.2. The number of aliphatic hydroxyl groups excluding tert-OH is 1. The molecule has 2 N–H and O–H groups in total. The molecule has 4 nitrogen and oxygen atoms in total. The van der Waals surface area contributed by atoms with E-state index < -0.39 is 12.1 Å². The molecule has 0 saturated heterocycles. The standard InChI is InChI=1S/C6H11O.C3H6O3.Na/c1-2-3-4-5-6-7;1-2(4)3(5)6;/h2-5H2,1H3;2,4H,1H3,(H,5,6);/q-1;;+1. The number of carboxylic acid groups (broad SMARTS) is 1. The first-order valence-electron chi connectivity index (χ1n) is 4.32. The molecule has 0 aromatic carbocycles. The van der Waals surface area contributed by atoms with E-state index >= 15 is 0 Å². The summed E-state index contributed by atoms with van der Waals surface area (Å²) >= 11 is 0. The summed E-state index contributed by atoms with van der Waals surface area (Å²) in [5, 5.41) is 15.8. The van der Waals surface area contributed by atoms with Crippen molar-refractivity contribution in [3.8, 4) is 0 Å². The minimum Gasteiger partial charge on any atom is -0.542 e. The van der Waals surface area contributed by atoms with Gasteiger partial charge in [0.25, 0.3) is 0 Å². The molecule has 0 amide bonds. The van der Waals surface area contributed by atoms with Crippen molar-refractivity contribution in [1.82, 2.24) is 0 Å². The minimum atomic E-state index is -1.23. The second-order valence-corrected chi connectivity index (χ2v) is 2.62. The van der Waals surface area contributed by atoms with Crippen LogP contribution in [0.15, 0.2) is 0 Å². The van der Waals surface area contributed by atoms with Crippen LogP contribution in [0.4, 0.5) is 0 Å². The Kier molecular flexibility index (Phi) is 21.8. The van der Waals surface area contributed by atoms with Gasteiger partial charge in [-0.25, -0.2) is 4.79 Å². The fraction of sp³-hybridized carbons (Fsp3) is 0.778. The third-order valence-electron chi connectivity index (χ3n) is 1.24. The molecule has 0 aliphatic carbocycles. The summed E-state index contributed by atoms with van der Waals surface area (Å²) in [5.74, 6) is -1.19. The van der Waals surface area contributed by atoms with Crippen LogP contribution in [0.25, 0.3) is 0 Å². The smallest absolute Gasteiger partial charge is 0.542 e. The Morgan fingerprint density at radius 3 is 2.07 bits per heavy atom. The van der Waals surface area contributed by atoms with Crippen LogP contribution in [0.3, 0.4) is 0 Å². The Morgan fingerprint density at radius 1 is 1.43 bits per heavy atom. The van der Waals surface area contributed by atoms with Gasteiger partial charge in [0.05, 0.1) is 0 Å². The van der Waals surface area contributed by atoms with Crippen LogP contribution < -0.4 is 29.6 Å². The summed E-state index contributed by atoms with van der Waals surface area (Å²) < 4.78 is 0. The van der Waals surface area contributed by atoms with E-state index in [-0.39, 0.29) is 29.6 Å². The maximum atomic E-state index is 9.55. The van der Waals surface area contributed by atoms with Gasteiger partial charge < -0.3 is 15.0 Å². The average molecular weight is 212 g/mol. The number of carbonyl (C=O) groups is 1. The van der Waals surface area contributed by atoms with E-state index in [4.69, 9.17) is 10.2 Å². The van der Waals surface area contributed by atoms with E-state index in [0.29, 0.717) is 6.42 Å². The molecule has 14 heavy (non-hydrogen) atoms. The van der Waals surface area contributed by atoms with E-state index in [1.54, 1.807) is 0 Å². The van der Waals surface area contributed by atoms with Crippen molar-refractivity contribution in [1.29, 1.82) is 0 Å². The first kappa shape index (κ1) is 19.6. The summed E-state index contributed by atoms with van der Waals surface area (Å²) in [4.78, 5) is 19.0. The third kappa shape index (κ3) is 22.7. The Morgan fingerprint density at radius 2 is 1.86 bits per heavy atom. The number of aliphatic carboxylic acids is 1. The molecule has 0 spiro atoms. The molecule has 0 bridgehead atoms. The van der Waals surface area contributed by atoms with Crippen LogP contribution in [0.5, 0.6) is 0 Å². The van der Waals surface area contributed by atoms with Gasteiger partial charge in [0.2, 0.25) is 0 Å². The molecule has 0 rings (SSSR count). The summed E-state index contributed by atoms with van der Waals surface area (Å²) in [6, 6.07) is 0. The van der Waals surface area contributed by atoms with Gasteiger partial charge in [0, 0.05) is 0 Å². The molecule has 0 radical (unpaired) electrons. The van der Waals surface area contributed by atoms with Crippen LogP contribution in [0, 0.1) is 0 Å². The quantitative estimate of drug-likeness (QED) is 0.318. The van der Waals surface area contributed by atoms with Gasteiger partial charge >= 0.3 is 35.5 Å². The van der Waals surface area contributed by atoms with E-state index in [1.165, 1.54) is 13.3 Å². The third-order valence-corrected chi connectivity index (χ3v) is 1.24. The number of rotatable bonds is 5. The second kappa shape index (κ2) is 15.6. The fourth-order valence-electron chi connectivity index (χ4n) is 0.447. The summed E-state index contributed by atoms with van der Waals surface area (Å²) in [6.07, 6.45) is 4.60. The predicted molar refractivity (Wildman–Crippen MR) is 49.2 cm³/mol. The number of carboxylic acids is 1. The summed E-state index contributed by atoms with van der Waals surface area (Å²) in [5.41, 5.74) is 0. The van der Waals surface area contributed by atoms with Crippen molar-refractivity contribution in [3.05, 3.63) is 0 Å². The second-order valence-electron chi connectivity index (χ2n) is 2.62. The first-order chi connectivity index (χ1) is 6.06. The molecule has 0 aliphatic heterocycles. The Bertz CT molecular complexity index is 137. The van der Waals surface area contributed by atoms with Gasteiger partial charge in [-0.3, -0.25) is 6.29 Å². The van der Waals surface area contributed by atoms with Gasteiger partial charge in [0.15, 0.2) is 0 Å². The van der Waals surface area contributed by atoms with Crippen LogP contribution in [-0.2, 0) is 9.59 Å². The maximum Gasteiger partial charge on any atom is 1.00 e. The Balaban J connectivity index is -0.000000163. The van der Waals surface area contributed by atoms with Crippen molar-refractivity contribution >= 4 is 12.3 Å². The van der Waals surface area contributed by atoms with Crippen molar-refractivity contribution in [2.75, 3.05) is 0 Å². The first-order valence-corrected chi connectivity index (χ1v) is 4.32. The molecule has 1 atom stereocenters. The number of hydrogen-bond donors (Lipinski definition) is 2. The number of unbranched alkanes of at least 4 members (excludes halogenated alkanes) is 3. The fourth-order valence-corrected chi connectivity index (χ4v) is 0.447. The number of hydrogen-bond acceptors (Lipinski definition) is 3. The summed E-state index contributed by atoms with van der Waals surface area (Å²) in [7, 11) is 0. The van der Waals surface area contributed by atoms with Gasteiger partial charge in [-0.2, -0.15) is 6.42 Å². The zero-order valence-electron chi connectivity index (χ0n) is 9.12. The molecule has 0 aromatic rings. The van der Waals surface area contributed by atoms with Crippen LogP contribution in [0.1, 0.15) is 39.5 Å². The number of aliphatic hydroxyl groups is 1. The Hall–Kier alpha value is 0.1000. The zero-order valence-corrected chi connectivity index (χ0v) is 11.1. The monoisotopic (exact) mass is 212 g/mol. The van der Waals surface area contributed by atoms with E-state index in [2.05, 4.69) is 6.92 Å². The molecule has 78 valence electrons. The van der Waals surface area contributed by atoms with E-state index in [9.17, 15) is 9.59 Å². The predicted octanol–water partition coefficient (Wildman–Crippen LogP) is -1.87. The van der Waals surface area contributed by atoms with E-state index in [0.717, 1.165) is 12.8 Å². The molecule has 5 heteroatoms. The molecule has 0 aliphatic rings. The Labute approximate surface area is 107 Å². The topological polar surface area (TPSA) is 74.6 Å². The molecular formula is C9H17NaO4. The van der Waals surface area contributed by atoms with Gasteiger partial charge in [-0.1, -0.05) is 26.2 Å². The molecule has 0 fully saturated rings. The molecule has 1 unspecified atom stereocenters. The molecule has 0 aromatic heterocycles. The van der Waals surface area contributed by atoms with Crippen molar-refractivity contribution in [3.63, 3.8) is 0 Å². The van der Waals surface area contributed by atoms with Gasteiger partial charge in [0.1, 0.15) is 6.10 Å². The largest absolute Gasteiger partial charge is 1.00 e.